The zero-order valence-electron chi connectivity index (χ0n) is 40.6. The zero-order chi connectivity index (χ0) is 50.5. The first-order valence-corrected chi connectivity index (χ1v) is 23.8. The van der Waals surface area contributed by atoms with Gasteiger partial charge in [0.25, 0.3) is 0 Å². The molecule has 0 aliphatic carbocycles. The monoisotopic (exact) mass is 947 g/mol. The quantitative estimate of drug-likeness (QED) is 0.0328. The molecule has 1 unspecified atom stereocenters. The van der Waals surface area contributed by atoms with Crippen molar-refractivity contribution < 1.29 is 62.8 Å². The SMILES string of the molecule is CCCCCCCCCCCC(CC(=O)N[C@@H](CCC(N)=O)C(=O)O)OC(=O)[C@@H](NC(=O)[C@H](CC(C)C)NC(=O)[C@H](CC(=O)O)NC(=O)[C@@H](NC(=O)OCc1ccccc1)C(C)C)[C@@H](C)CC. The van der Waals surface area contributed by atoms with Gasteiger partial charge in [-0.15, -0.1) is 0 Å². The number of rotatable bonds is 35. The molecule has 0 radical (unpaired) electrons. The average molecular weight is 947 g/mol. The van der Waals surface area contributed by atoms with Crippen molar-refractivity contribution in [2.24, 2.45) is 23.5 Å². The van der Waals surface area contributed by atoms with Crippen LogP contribution in [0, 0.1) is 17.8 Å². The molecule has 1 aromatic rings. The van der Waals surface area contributed by atoms with E-state index in [-0.39, 0.29) is 38.2 Å². The van der Waals surface area contributed by atoms with Gasteiger partial charge in [-0.25, -0.2) is 14.4 Å². The summed E-state index contributed by atoms with van der Waals surface area (Å²) in [5, 5.41) is 31.9. The molecule has 19 heteroatoms. The summed E-state index contributed by atoms with van der Waals surface area (Å²) in [4.78, 5) is 116. The molecule has 0 heterocycles. The van der Waals surface area contributed by atoms with E-state index in [0.717, 1.165) is 38.5 Å². The molecule has 0 aromatic heterocycles. The van der Waals surface area contributed by atoms with Crippen LogP contribution in [0.25, 0.3) is 0 Å². The van der Waals surface area contributed by atoms with Gasteiger partial charge in [0.15, 0.2) is 0 Å². The summed E-state index contributed by atoms with van der Waals surface area (Å²) in [6, 6.07) is 1.91. The van der Waals surface area contributed by atoms with Gasteiger partial charge >= 0.3 is 24.0 Å². The molecule has 6 amide bonds. The lowest BCUT2D eigenvalue weighted by Gasteiger charge is -2.29. The van der Waals surface area contributed by atoms with Crippen LogP contribution in [-0.4, -0.2) is 100 Å². The molecule has 7 atom stereocenters. The van der Waals surface area contributed by atoms with Gasteiger partial charge in [0.1, 0.15) is 42.9 Å². The highest BCUT2D eigenvalue weighted by molar-refractivity contribution is 5.96. The molecular formula is C48H78N6O13. The topological polar surface area (TPSA) is 299 Å². The molecule has 1 aromatic carbocycles. The number of carbonyl (C=O) groups is 9. The van der Waals surface area contributed by atoms with Gasteiger partial charge in [0.2, 0.25) is 29.5 Å². The van der Waals surface area contributed by atoms with Gasteiger partial charge in [0.05, 0.1) is 12.8 Å². The number of aliphatic carboxylic acids is 2. The van der Waals surface area contributed by atoms with Crippen LogP contribution < -0.4 is 32.3 Å². The summed E-state index contributed by atoms with van der Waals surface area (Å²) < 4.78 is 11.2. The second kappa shape index (κ2) is 32.8. The maximum atomic E-state index is 14.1. The minimum absolute atomic E-state index is 0.0406. The molecule has 1 rings (SSSR count). The van der Waals surface area contributed by atoms with Crippen LogP contribution in [0.1, 0.15) is 157 Å². The number of carbonyl (C=O) groups excluding carboxylic acids is 7. The number of hydrogen-bond acceptors (Lipinski definition) is 11. The van der Waals surface area contributed by atoms with Gasteiger partial charge in [-0.3, -0.25) is 28.8 Å². The van der Waals surface area contributed by atoms with Crippen LogP contribution in [0.15, 0.2) is 30.3 Å². The van der Waals surface area contributed by atoms with E-state index in [2.05, 4.69) is 33.5 Å². The van der Waals surface area contributed by atoms with E-state index >= 15 is 0 Å². The molecule has 0 saturated heterocycles. The van der Waals surface area contributed by atoms with Gasteiger partial charge in [0, 0.05) is 6.42 Å². The third-order valence-corrected chi connectivity index (χ3v) is 11.2. The average Bonchev–Trinajstić information content (AvgIpc) is 3.26. The molecular weight excluding hydrogens is 869 g/mol. The molecule has 0 saturated carbocycles. The Hall–Kier alpha value is -5.75. The molecule has 67 heavy (non-hydrogen) atoms. The molecule has 0 aliphatic heterocycles. The van der Waals surface area contributed by atoms with Crippen LogP contribution in [0.4, 0.5) is 4.79 Å². The molecule has 9 N–H and O–H groups in total. The summed E-state index contributed by atoms with van der Waals surface area (Å²) in [6.07, 6.45) is 6.08. The predicted molar refractivity (Wildman–Crippen MR) is 250 cm³/mol. The number of unbranched alkanes of at least 4 members (excludes halogenated alkanes) is 8. The Morgan fingerprint density at radius 2 is 1.22 bits per heavy atom. The van der Waals surface area contributed by atoms with E-state index in [1.165, 1.54) is 12.8 Å². The van der Waals surface area contributed by atoms with Gasteiger partial charge in [-0.05, 0) is 49.0 Å². The summed E-state index contributed by atoms with van der Waals surface area (Å²) in [5.74, 6) is -9.03. The maximum absolute atomic E-state index is 14.1. The van der Waals surface area contributed by atoms with E-state index in [1.54, 1.807) is 71.9 Å². The van der Waals surface area contributed by atoms with Crippen LogP contribution >= 0.6 is 0 Å². The van der Waals surface area contributed by atoms with Crippen molar-refractivity contribution in [2.45, 2.75) is 194 Å². The number of benzene rings is 1. The van der Waals surface area contributed by atoms with Crippen LogP contribution in [0.5, 0.6) is 0 Å². The number of ether oxygens (including phenoxy) is 2. The van der Waals surface area contributed by atoms with Crippen molar-refractivity contribution in [3.8, 4) is 0 Å². The normalized spacial score (nSPS) is 14.3. The number of nitrogens with two attached hydrogens (primary N) is 1. The van der Waals surface area contributed by atoms with E-state index in [0.29, 0.717) is 18.4 Å². The second-order valence-electron chi connectivity index (χ2n) is 18.0. The molecule has 378 valence electrons. The largest absolute Gasteiger partial charge is 0.481 e. The highest BCUT2D eigenvalue weighted by atomic mass is 16.6. The lowest BCUT2D eigenvalue weighted by atomic mass is 9.97. The Kier molecular flexibility index (Phi) is 29.1. The number of esters is 1. The van der Waals surface area contributed by atoms with E-state index in [4.69, 9.17) is 15.2 Å². The first kappa shape index (κ1) is 59.3. The van der Waals surface area contributed by atoms with Crippen molar-refractivity contribution in [2.75, 3.05) is 0 Å². The smallest absolute Gasteiger partial charge is 0.408 e. The lowest BCUT2D eigenvalue weighted by Crippen LogP contribution is -2.59. The first-order chi connectivity index (χ1) is 31.7. The van der Waals surface area contributed by atoms with Gasteiger partial charge in [-0.2, -0.15) is 0 Å². The Balaban J connectivity index is 3.26. The third-order valence-electron chi connectivity index (χ3n) is 11.2. The number of primary amides is 1. The molecule has 0 fully saturated rings. The number of carboxylic acid groups (broad SMARTS) is 2. The number of hydrogen-bond donors (Lipinski definition) is 8. The zero-order valence-corrected chi connectivity index (χ0v) is 40.6. The molecule has 0 aliphatic rings. The fourth-order valence-electron chi connectivity index (χ4n) is 7.10. The summed E-state index contributed by atoms with van der Waals surface area (Å²) in [5.41, 5.74) is 5.89. The fraction of sp³-hybridized carbons (Fsp3) is 0.688. The highest BCUT2D eigenvalue weighted by Crippen LogP contribution is 2.19. The first-order valence-electron chi connectivity index (χ1n) is 23.8. The Morgan fingerprint density at radius 1 is 0.642 bits per heavy atom. The summed E-state index contributed by atoms with van der Waals surface area (Å²) in [6.45, 7) is 12.4. The van der Waals surface area contributed by atoms with Crippen molar-refractivity contribution >= 4 is 53.5 Å². The van der Waals surface area contributed by atoms with Crippen molar-refractivity contribution in [1.82, 2.24) is 26.6 Å². The lowest BCUT2D eigenvalue weighted by molar-refractivity contribution is -0.157. The Bertz CT molecular complexity index is 1730. The fourth-order valence-corrected chi connectivity index (χ4v) is 7.10. The molecule has 0 bridgehead atoms. The van der Waals surface area contributed by atoms with Crippen molar-refractivity contribution in [3.63, 3.8) is 0 Å². The van der Waals surface area contributed by atoms with Crippen molar-refractivity contribution in [1.29, 1.82) is 0 Å². The van der Waals surface area contributed by atoms with Gasteiger partial charge < -0.3 is 52.0 Å². The van der Waals surface area contributed by atoms with E-state index in [1.807, 2.05) is 0 Å². The van der Waals surface area contributed by atoms with Gasteiger partial charge in [-0.1, -0.05) is 137 Å². The summed E-state index contributed by atoms with van der Waals surface area (Å²) in [7, 11) is 0. The van der Waals surface area contributed by atoms with E-state index < -0.39 is 115 Å². The number of nitrogens with one attached hydrogen (secondary N) is 5. The minimum Gasteiger partial charge on any atom is -0.481 e. The number of amides is 6. The van der Waals surface area contributed by atoms with Crippen LogP contribution in [-0.2, 0) is 54.4 Å². The second-order valence-corrected chi connectivity index (χ2v) is 18.0. The maximum Gasteiger partial charge on any atom is 0.408 e. The predicted octanol–water partition coefficient (Wildman–Crippen LogP) is 5.02. The highest BCUT2D eigenvalue weighted by Gasteiger charge is 2.36. The van der Waals surface area contributed by atoms with Crippen LogP contribution in [0.2, 0.25) is 0 Å². The number of carboxylic acids is 2. The third kappa shape index (κ3) is 25.7. The molecule has 19 nitrogen and oxygen atoms in total. The van der Waals surface area contributed by atoms with Crippen molar-refractivity contribution in [3.05, 3.63) is 35.9 Å². The Morgan fingerprint density at radius 3 is 1.76 bits per heavy atom. The van der Waals surface area contributed by atoms with Crippen LogP contribution in [0.3, 0.4) is 0 Å². The molecule has 0 spiro atoms. The minimum atomic E-state index is -1.68. The standard InChI is InChI=1S/C48H78N6O13/c1-8-10-11-12-13-14-15-16-20-23-34(27-39(56)50-35(46(62)63)24-25-38(49)55)67-47(64)42(32(7)9-2)53-44(60)36(26-30(3)4)51-43(59)37(28-40(57)58)52-45(61)41(31(5)6)54-48(65)66-29-33-21-18-17-19-22-33/h17-19,21-22,30-32,34-37,41-42H,8-16,20,23-29H2,1-7H3,(H2,49,55)(H,50,56)(H,51,59)(H,52,61)(H,53,60)(H,54,65)(H,57,58)(H,62,63)/t32-,34?,35-,36-,37-,41-,42-/m0/s1. The Labute approximate surface area is 395 Å². The van der Waals surface area contributed by atoms with E-state index in [9.17, 15) is 53.4 Å². The number of alkyl carbamates (subject to hydrolysis) is 1. The summed E-state index contributed by atoms with van der Waals surface area (Å²) >= 11 is 0.